The van der Waals surface area contributed by atoms with Crippen molar-refractivity contribution in [2.24, 2.45) is 5.92 Å². The summed E-state index contributed by atoms with van der Waals surface area (Å²) < 4.78 is 0. The van der Waals surface area contributed by atoms with Crippen LogP contribution < -0.4 is 0 Å². The summed E-state index contributed by atoms with van der Waals surface area (Å²) >= 11 is 1.80. The highest BCUT2D eigenvalue weighted by Gasteiger charge is 2.35. The standard InChI is InChI=1S/C14H20N2OS/c1-2-3-16-7-10(8-17)4-11-5-12-14(6-13(11)16)18-9-15-12/h4,9,11,13,17H,2-3,5-8H2,1H3/t11-,13-/m0/s1. The molecular weight excluding hydrogens is 244 g/mol. The van der Waals surface area contributed by atoms with E-state index in [9.17, 15) is 5.11 Å². The Hall–Kier alpha value is -0.710. The van der Waals surface area contributed by atoms with Crippen LogP contribution in [0.5, 0.6) is 0 Å². The van der Waals surface area contributed by atoms with Gasteiger partial charge in [0.05, 0.1) is 17.8 Å². The Morgan fingerprint density at radius 2 is 2.39 bits per heavy atom. The Bertz CT molecular complexity index is 454. The van der Waals surface area contributed by atoms with Gasteiger partial charge in [-0.3, -0.25) is 4.90 Å². The van der Waals surface area contributed by atoms with E-state index in [4.69, 9.17) is 0 Å². The van der Waals surface area contributed by atoms with Crippen LogP contribution in [0.2, 0.25) is 0 Å². The van der Waals surface area contributed by atoms with Gasteiger partial charge >= 0.3 is 0 Å². The Labute approximate surface area is 112 Å². The topological polar surface area (TPSA) is 36.4 Å². The van der Waals surface area contributed by atoms with Gasteiger partial charge in [-0.2, -0.15) is 0 Å². The molecule has 0 aromatic carbocycles. The molecule has 0 spiro atoms. The Morgan fingerprint density at radius 1 is 1.50 bits per heavy atom. The number of nitrogens with zero attached hydrogens (tertiary/aromatic N) is 2. The minimum atomic E-state index is 0.202. The molecule has 0 bridgehead atoms. The molecule has 0 saturated carbocycles. The van der Waals surface area contributed by atoms with Crippen LogP contribution in [0, 0.1) is 5.92 Å². The van der Waals surface area contributed by atoms with Crippen molar-refractivity contribution in [1.82, 2.24) is 9.88 Å². The molecule has 18 heavy (non-hydrogen) atoms. The van der Waals surface area contributed by atoms with Crippen LogP contribution in [-0.4, -0.2) is 40.7 Å². The largest absolute Gasteiger partial charge is 0.392 e. The summed E-state index contributed by atoms with van der Waals surface area (Å²) in [6.45, 7) is 4.51. The molecule has 0 fully saturated rings. The molecule has 3 rings (SSSR count). The SMILES string of the molecule is CCCN1CC(CO)=C[C@H]2Cc3ncsc3C[C@@H]21. The first-order chi connectivity index (χ1) is 8.81. The number of aromatic nitrogens is 1. The van der Waals surface area contributed by atoms with Crippen LogP contribution in [0.1, 0.15) is 23.9 Å². The monoisotopic (exact) mass is 264 g/mol. The van der Waals surface area contributed by atoms with Gasteiger partial charge < -0.3 is 5.11 Å². The molecule has 2 heterocycles. The first-order valence-corrected chi connectivity index (χ1v) is 7.65. The smallest absolute Gasteiger partial charge is 0.0797 e. The summed E-state index contributed by atoms with van der Waals surface area (Å²) in [4.78, 5) is 8.50. The first kappa shape index (κ1) is 12.3. The molecule has 0 saturated heterocycles. The second-order valence-corrected chi connectivity index (χ2v) is 6.25. The van der Waals surface area contributed by atoms with Gasteiger partial charge in [-0.05, 0) is 37.3 Å². The lowest BCUT2D eigenvalue weighted by Gasteiger charge is -2.42. The summed E-state index contributed by atoms with van der Waals surface area (Å²) in [5.74, 6) is 0.544. The van der Waals surface area contributed by atoms with Crippen molar-refractivity contribution in [1.29, 1.82) is 0 Å². The maximum Gasteiger partial charge on any atom is 0.0797 e. The van der Waals surface area contributed by atoms with Crippen molar-refractivity contribution in [3.8, 4) is 0 Å². The number of aliphatic hydroxyl groups excluding tert-OH is 1. The van der Waals surface area contributed by atoms with E-state index in [-0.39, 0.29) is 6.61 Å². The lowest BCUT2D eigenvalue weighted by molar-refractivity contribution is 0.142. The third-order valence-corrected chi connectivity index (χ3v) is 4.98. The van der Waals surface area contributed by atoms with Gasteiger partial charge in [0.25, 0.3) is 0 Å². The fourth-order valence-electron chi connectivity index (χ4n) is 3.26. The average molecular weight is 264 g/mol. The van der Waals surface area contributed by atoms with Gasteiger partial charge in [0.15, 0.2) is 0 Å². The van der Waals surface area contributed by atoms with Gasteiger partial charge in [0, 0.05) is 17.5 Å². The molecule has 0 unspecified atom stereocenters. The van der Waals surface area contributed by atoms with Crippen LogP contribution in [0.25, 0.3) is 0 Å². The molecular formula is C14H20N2OS. The molecule has 98 valence electrons. The number of hydrogen-bond donors (Lipinski definition) is 1. The van der Waals surface area contributed by atoms with Crippen molar-refractivity contribution >= 4 is 11.3 Å². The quantitative estimate of drug-likeness (QED) is 0.847. The number of thiazole rings is 1. The average Bonchev–Trinajstić information content (AvgIpc) is 2.83. The van der Waals surface area contributed by atoms with Crippen LogP contribution in [0.15, 0.2) is 17.2 Å². The summed E-state index contributed by atoms with van der Waals surface area (Å²) in [6.07, 6.45) is 5.67. The van der Waals surface area contributed by atoms with Gasteiger partial charge in [0.1, 0.15) is 0 Å². The molecule has 0 radical (unpaired) electrons. The fraction of sp³-hybridized carbons (Fsp3) is 0.643. The third-order valence-electron chi connectivity index (χ3n) is 4.08. The summed E-state index contributed by atoms with van der Waals surface area (Å²) in [5, 5.41) is 9.41. The molecule has 4 heteroatoms. The van der Waals surface area contributed by atoms with Gasteiger partial charge in [-0.15, -0.1) is 11.3 Å². The molecule has 2 atom stereocenters. The van der Waals surface area contributed by atoms with Gasteiger partial charge in [-0.1, -0.05) is 13.0 Å². The number of hydrogen-bond acceptors (Lipinski definition) is 4. The van der Waals surface area contributed by atoms with Gasteiger partial charge in [0.2, 0.25) is 0 Å². The fourth-order valence-corrected chi connectivity index (χ4v) is 4.11. The molecule has 1 aliphatic carbocycles. The van der Waals surface area contributed by atoms with Crippen molar-refractivity contribution in [3.05, 3.63) is 27.7 Å². The molecule has 1 aromatic heterocycles. The van der Waals surface area contributed by atoms with Crippen LogP contribution in [-0.2, 0) is 12.8 Å². The lowest BCUT2D eigenvalue weighted by Crippen LogP contribution is -2.48. The maximum atomic E-state index is 9.41. The summed E-state index contributed by atoms with van der Waals surface area (Å²) in [5.41, 5.74) is 4.44. The van der Waals surface area contributed by atoms with Crippen LogP contribution >= 0.6 is 11.3 Å². The van der Waals surface area contributed by atoms with Crippen molar-refractivity contribution in [2.45, 2.75) is 32.2 Å². The second-order valence-electron chi connectivity index (χ2n) is 5.32. The maximum absolute atomic E-state index is 9.41. The zero-order valence-corrected chi connectivity index (χ0v) is 11.6. The Morgan fingerprint density at radius 3 is 3.17 bits per heavy atom. The van der Waals surface area contributed by atoms with E-state index in [1.807, 2.05) is 5.51 Å². The van der Waals surface area contributed by atoms with Crippen LogP contribution in [0.3, 0.4) is 0 Å². The summed E-state index contributed by atoms with van der Waals surface area (Å²) in [7, 11) is 0. The van der Waals surface area contributed by atoms with E-state index < -0.39 is 0 Å². The number of rotatable bonds is 3. The first-order valence-electron chi connectivity index (χ1n) is 6.77. The van der Waals surface area contributed by atoms with E-state index in [0.29, 0.717) is 12.0 Å². The molecule has 1 aromatic rings. The Kier molecular flexibility index (Phi) is 3.50. The molecule has 2 aliphatic rings. The minimum Gasteiger partial charge on any atom is -0.392 e. The van der Waals surface area contributed by atoms with Gasteiger partial charge in [-0.25, -0.2) is 4.98 Å². The highest BCUT2D eigenvalue weighted by molar-refractivity contribution is 7.09. The van der Waals surface area contributed by atoms with E-state index in [0.717, 1.165) is 25.9 Å². The highest BCUT2D eigenvalue weighted by atomic mass is 32.1. The summed E-state index contributed by atoms with van der Waals surface area (Å²) in [6, 6.07) is 0.619. The zero-order chi connectivity index (χ0) is 12.5. The number of fused-ring (bicyclic) bond motifs is 2. The van der Waals surface area contributed by atoms with E-state index in [1.165, 1.54) is 22.6 Å². The molecule has 0 amide bonds. The molecule has 3 nitrogen and oxygen atoms in total. The predicted molar refractivity (Wildman–Crippen MR) is 73.8 cm³/mol. The van der Waals surface area contributed by atoms with E-state index >= 15 is 0 Å². The van der Waals surface area contributed by atoms with Crippen molar-refractivity contribution < 1.29 is 5.11 Å². The van der Waals surface area contributed by atoms with Crippen LogP contribution in [0.4, 0.5) is 0 Å². The van der Waals surface area contributed by atoms with E-state index in [2.05, 4.69) is 22.9 Å². The normalized spacial score (nSPS) is 27.6. The Balaban J connectivity index is 1.88. The van der Waals surface area contributed by atoms with E-state index in [1.54, 1.807) is 11.3 Å². The number of aliphatic hydroxyl groups is 1. The van der Waals surface area contributed by atoms with Crippen molar-refractivity contribution in [2.75, 3.05) is 19.7 Å². The molecule has 1 N–H and O–H groups in total. The minimum absolute atomic E-state index is 0.202. The lowest BCUT2D eigenvalue weighted by atomic mass is 9.81. The predicted octanol–water partition coefficient (Wildman–Crippen LogP) is 1.87. The second kappa shape index (κ2) is 5.11. The zero-order valence-electron chi connectivity index (χ0n) is 10.8. The highest BCUT2D eigenvalue weighted by Crippen LogP contribution is 2.34. The van der Waals surface area contributed by atoms with Crippen molar-refractivity contribution in [3.63, 3.8) is 0 Å². The molecule has 1 aliphatic heterocycles. The third kappa shape index (κ3) is 2.13.